The van der Waals surface area contributed by atoms with Crippen LogP contribution in [0.1, 0.15) is 72.5 Å². The van der Waals surface area contributed by atoms with Gasteiger partial charge in [-0.15, -0.1) is 0 Å². The Morgan fingerprint density at radius 3 is 0.594 bits per heavy atom. The van der Waals surface area contributed by atoms with Crippen molar-refractivity contribution in [3.8, 4) is 0 Å². The van der Waals surface area contributed by atoms with Gasteiger partial charge in [0.15, 0.2) is 0 Å². The summed E-state index contributed by atoms with van der Waals surface area (Å²) < 4.78 is 0. The molecule has 7 aromatic rings. The van der Waals surface area contributed by atoms with Crippen LogP contribution in [0.25, 0.3) is 0 Å². The zero-order valence-corrected chi connectivity index (χ0v) is 33.5. The van der Waals surface area contributed by atoms with Crippen molar-refractivity contribution in [3.05, 3.63) is 209 Å². The molecule has 316 valence electrons. The molecule has 0 saturated carbocycles. The van der Waals surface area contributed by atoms with Crippen LogP contribution in [0.4, 0.5) is 39.8 Å². The third-order valence-electron chi connectivity index (χ3n) is 9.59. The molecule has 0 radical (unpaired) electrons. The van der Waals surface area contributed by atoms with Gasteiger partial charge in [-0.3, -0.25) is 28.8 Å². The van der Waals surface area contributed by atoms with Crippen LogP contribution in [0, 0.1) is 0 Å². The molecule has 9 N–H and O–H groups in total. The number of carbonyl (C=O) groups excluding carboxylic acids is 6. The molecule has 64 heavy (non-hydrogen) atoms. The van der Waals surface area contributed by atoms with Crippen LogP contribution < -0.4 is 37.6 Å². The Morgan fingerprint density at radius 2 is 0.422 bits per heavy atom. The van der Waals surface area contributed by atoms with Gasteiger partial charge in [0.2, 0.25) is 0 Å². The summed E-state index contributed by atoms with van der Waals surface area (Å²) in [6.07, 6.45) is 0. The van der Waals surface area contributed by atoms with Crippen molar-refractivity contribution >= 4 is 81.2 Å². The smallest absolute Gasteiger partial charge is 0.335 e. The van der Waals surface area contributed by atoms with E-state index < -0.39 is 29.6 Å². The molecule has 7 aromatic carbocycles. The number of nitrogen functional groups attached to an aromatic ring is 1. The highest BCUT2D eigenvalue weighted by Gasteiger charge is 2.14. The standard InChI is InChI=1S/C49H37N7O8/c50-36-15-1-29(2-16-36)43(57)51-37-17-3-30(4-18-37)44(58)52-38-19-5-31(6-20-38)45(59)53-39-21-7-32(8-22-39)46(60)54-40-23-9-33(10-24-40)47(61)55-41-25-11-34(12-26-41)48(62)56-42-27-13-35(14-28-42)49(63)64/h1-28H,50H2,(H,51,57)(H,52,58)(H,53,59)(H,54,60)(H,55,61)(H,56,62)(H,63,64). The first-order chi connectivity index (χ1) is 30.9. The SMILES string of the molecule is Nc1ccc(C(=O)Nc2ccc(C(=O)Nc3ccc(C(=O)Nc4ccc(C(=O)Nc5ccc(C(=O)Nc6ccc(C(=O)Nc7ccc(C(=O)O)cc7)cc6)cc5)cc4)cc3)cc2)cc1. The Morgan fingerprint density at radius 1 is 0.266 bits per heavy atom. The molecule has 0 fully saturated rings. The van der Waals surface area contributed by atoms with Gasteiger partial charge < -0.3 is 42.7 Å². The molecule has 0 aliphatic rings. The first kappa shape index (κ1) is 42.7. The molecule has 15 nitrogen and oxygen atoms in total. The van der Waals surface area contributed by atoms with Crippen LogP contribution in [-0.4, -0.2) is 46.5 Å². The van der Waals surface area contributed by atoms with Crippen LogP contribution in [0.3, 0.4) is 0 Å². The summed E-state index contributed by atoms with van der Waals surface area (Å²) in [6.45, 7) is 0. The Bertz CT molecular complexity index is 2870. The quantitative estimate of drug-likeness (QED) is 0.0519. The minimum Gasteiger partial charge on any atom is -0.478 e. The van der Waals surface area contributed by atoms with Crippen LogP contribution in [0.15, 0.2) is 170 Å². The lowest BCUT2D eigenvalue weighted by Crippen LogP contribution is -2.15. The van der Waals surface area contributed by atoms with Crippen molar-refractivity contribution < 1.29 is 38.7 Å². The summed E-state index contributed by atoms with van der Waals surface area (Å²) in [5.74, 6) is -3.39. The second-order valence-corrected chi connectivity index (χ2v) is 14.1. The monoisotopic (exact) mass is 851 g/mol. The van der Waals surface area contributed by atoms with Gasteiger partial charge in [-0.2, -0.15) is 0 Å². The average molecular weight is 852 g/mol. The van der Waals surface area contributed by atoms with E-state index in [2.05, 4.69) is 31.9 Å². The molecular weight excluding hydrogens is 815 g/mol. The number of benzene rings is 7. The van der Waals surface area contributed by atoms with E-state index in [-0.39, 0.29) is 17.4 Å². The molecule has 0 bridgehead atoms. The summed E-state index contributed by atoms with van der Waals surface area (Å²) in [7, 11) is 0. The maximum Gasteiger partial charge on any atom is 0.335 e. The molecule has 6 amide bonds. The molecule has 7 rings (SSSR count). The normalized spacial score (nSPS) is 10.4. The van der Waals surface area contributed by atoms with Gasteiger partial charge in [-0.1, -0.05) is 0 Å². The van der Waals surface area contributed by atoms with E-state index in [1.807, 2.05) is 0 Å². The number of aromatic carboxylic acids is 1. The Labute approximate surface area is 365 Å². The Kier molecular flexibility index (Phi) is 12.9. The number of hydrogen-bond donors (Lipinski definition) is 8. The minimum absolute atomic E-state index is 0.0987. The molecule has 0 saturated heterocycles. The highest BCUT2D eigenvalue weighted by atomic mass is 16.4. The van der Waals surface area contributed by atoms with E-state index in [0.29, 0.717) is 73.2 Å². The van der Waals surface area contributed by atoms with Gasteiger partial charge in [-0.25, -0.2) is 4.79 Å². The Hall–Kier alpha value is -9.37. The number of hydrogen-bond acceptors (Lipinski definition) is 8. The van der Waals surface area contributed by atoms with Crippen molar-refractivity contribution in [2.75, 3.05) is 37.6 Å². The number of carboxylic acids is 1. The Balaban J connectivity index is 0.845. The summed E-state index contributed by atoms with van der Waals surface area (Å²) in [5, 5.41) is 25.6. The second kappa shape index (κ2) is 19.3. The summed E-state index contributed by atoms with van der Waals surface area (Å²) in [6, 6.07) is 43.8. The van der Waals surface area contributed by atoms with Gasteiger partial charge in [-0.05, 0) is 170 Å². The zero-order chi connectivity index (χ0) is 45.2. The minimum atomic E-state index is -1.07. The predicted octanol–water partition coefficient (Wildman–Crippen LogP) is 8.48. The fourth-order valence-corrected chi connectivity index (χ4v) is 6.07. The lowest BCUT2D eigenvalue weighted by molar-refractivity contribution is 0.0695. The highest BCUT2D eigenvalue weighted by Crippen LogP contribution is 2.20. The summed E-state index contributed by atoms with van der Waals surface area (Å²) >= 11 is 0. The molecule has 0 unspecified atom stereocenters. The number of amides is 6. The molecule has 0 aliphatic heterocycles. The molecule has 0 aromatic heterocycles. The van der Waals surface area contributed by atoms with Gasteiger partial charge in [0.1, 0.15) is 0 Å². The lowest BCUT2D eigenvalue weighted by Gasteiger charge is -2.10. The third-order valence-corrected chi connectivity index (χ3v) is 9.59. The van der Waals surface area contributed by atoms with E-state index in [0.717, 1.165) is 0 Å². The molecule has 0 atom stereocenters. The van der Waals surface area contributed by atoms with Crippen LogP contribution in [-0.2, 0) is 0 Å². The third kappa shape index (κ3) is 11.1. The fourth-order valence-electron chi connectivity index (χ4n) is 6.07. The van der Waals surface area contributed by atoms with E-state index >= 15 is 0 Å². The molecule has 0 spiro atoms. The van der Waals surface area contributed by atoms with E-state index in [9.17, 15) is 33.6 Å². The van der Waals surface area contributed by atoms with Gasteiger partial charge >= 0.3 is 5.97 Å². The van der Waals surface area contributed by atoms with Crippen LogP contribution >= 0.6 is 0 Å². The maximum absolute atomic E-state index is 13.0. The van der Waals surface area contributed by atoms with E-state index in [4.69, 9.17) is 10.8 Å². The van der Waals surface area contributed by atoms with Crippen molar-refractivity contribution in [3.63, 3.8) is 0 Å². The number of rotatable bonds is 13. The average Bonchev–Trinajstić information content (AvgIpc) is 3.30. The highest BCUT2D eigenvalue weighted by molar-refractivity contribution is 6.09. The van der Waals surface area contributed by atoms with E-state index in [1.54, 1.807) is 146 Å². The van der Waals surface area contributed by atoms with Gasteiger partial charge in [0, 0.05) is 73.2 Å². The van der Waals surface area contributed by atoms with Crippen molar-refractivity contribution in [2.45, 2.75) is 0 Å². The lowest BCUT2D eigenvalue weighted by atomic mass is 10.1. The van der Waals surface area contributed by atoms with Gasteiger partial charge in [0.25, 0.3) is 35.4 Å². The van der Waals surface area contributed by atoms with E-state index in [1.165, 1.54) is 24.3 Å². The van der Waals surface area contributed by atoms with Gasteiger partial charge in [0.05, 0.1) is 5.56 Å². The summed E-state index contributed by atoms with van der Waals surface area (Å²) in [4.78, 5) is 87.8. The first-order valence-electron chi connectivity index (χ1n) is 19.4. The maximum atomic E-state index is 13.0. The molecule has 15 heteroatoms. The zero-order valence-electron chi connectivity index (χ0n) is 33.5. The number of carboxylic acid groups (broad SMARTS) is 1. The molecular formula is C49H37N7O8. The largest absolute Gasteiger partial charge is 0.478 e. The fraction of sp³-hybridized carbons (Fsp3) is 0. The summed E-state index contributed by atoms with van der Waals surface area (Å²) in [5.41, 5.74) is 11.2. The molecule has 0 aliphatic carbocycles. The van der Waals surface area contributed by atoms with Crippen LogP contribution in [0.5, 0.6) is 0 Å². The number of carbonyl (C=O) groups is 7. The first-order valence-corrected chi connectivity index (χ1v) is 19.4. The van der Waals surface area contributed by atoms with Crippen molar-refractivity contribution in [1.29, 1.82) is 0 Å². The van der Waals surface area contributed by atoms with Crippen molar-refractivity contribution in [1.82, 2.24) is 0 Å². The van der Waals surface area contributed by atoms with Crippen molar-refractivity contribution in [2.24, 2.45) is 0 Å². The number of nitrogens with one attached hydrogen (secondary N) is 6. The van der Waals surface area contributed by atoms with Crippen LogP contribution in [0.2, 0.25) is 0 Å². The topological polar surface area (TPSA) is 238 Å². The molecule has 0 heterocycles. The number of nitrogens with two attached hydrogens (primary N) is 1. The predicted molar refractivity (Wildman–Crippen MR) is 244 cm³/mol. The number of anilines is 7. The second-order valence-electron chi connectivity index (χ2n) is 14.1.